The van der Waals surface area contributed by atoms with Crippen LogP contribution in [0.3, 0.4) is 0 Å². The molecule has 2 heterocycles. The van der Waals surface area contributed by atoms with Crippen LogP contribution in [0.2, 0.25) is 0 Å². The molecule has 134 valence electrons. The van der Waals surface area contributed by atoms with Gasteiger partial charge in [0.2, 0.25) is 21.8 Å². The van der Waals surface area contributed by atoms with Crippen molar-refractivity contribution >= 4 is 27.5 Å². The Labute approximate surface area is 147 Å². The van der Waals surface area contributed by atoms with E-state index in [1.807, 2.05) is 0 Å². The maximum Gasteiger partial charge on any atom is 0.243 e. The Hall–Kier alpha value is -1.93. The first-order valence-electron chi connectivity index (χ1n) is 8.61. The van der Waals surface area contributed by atoms with E-state index in [2.05, 4.69) is 5.32 Å². The number of carbonyl (C=O) groups is 2. The number of carbonyl (C=O) groups excluding carboxylic acids is 2. The number of rotatable bonds is 3. The summed E-state index contributed by atoms with van der Waals surface area (Å²) in [6, 6.07) is 4.78. The van der Waals surface area contributed by atoms with Gasteiger partial charge in [0.15, 0.2) is 0 Å². The molecule has 1 N–H and O–H groups in total. The van der Waals surface area contributed by atoms with Gasteiger partial charge in [-0.2, -0.15) is 4.31 Å². The van der Waals surface area contributed by atoms with Crippen LogP contribution in [-0.2, 0) is 19.6 Å². The van der Waals surface area contributed by atoms with Crippen molar-refractivity contribution in [2.24, 2.45) is 5.92 Å². The van der Waals surface area contributed by atoms with E-state index < -0.39 is 10.0 Å². The molecule has 3 aliphatic rings. The van der Waals surface area contributed by atoms with E-state index in [0.29, 0.717) is 37.4 Å². The third-order valence-electron chi connectivity index (χ3n) is 5.26. The predicted molar refractivity (Wildman–Crippen MR) is 91.5 cm³/mol. The summed E-state index contributed by atoms with van der Waals surface area (Å²) in [5.74, 6) is -0.144. The van der Waals surface area contributed by atoms with Gasteiger partial charge in [0.05, 0.1) is 10.8 Å². The second-order valence-corrected chi connectivity index (χ2v) is 8.90. The summed E-state index contributed by atoms with van der Waals surface area (Å²) in [5.41, 5.74) is 1.39. The molecule has 1 aromatic carbocycles. The van der Waals surface area contributed by atoms with Crippen molar-refractivity contribution in [3.8, 4) is 0 Å². The van der Waals surface area contributed by atoms with Gasteiger partial charge in [0.25, 0.3) is 0 Å². The van der Waals surface area contributed by atoms with Gasteiger partial charge in [-0.3, -0.25) is 9.59 Å². The highest BCUT2D eigenvalue weighted by molar-refractivity contribution is 7.89. The normalized spacial score (nSPS) is 24.1. The molecule has 0 bridgehead atoms. The molecular weight excluding hydrogens is 342 g/mol. The summed E-state index contributed by atoms with van der Waals surface area (Å²) in [5, 5.41) is 2.75. The van der Waals surface area contributed by atoms with Crippen molar-refractivity contribution in [1.82, 2.24) is 9.21 Å². The maximum atomic E-state index is 12.9. The highest BCUT2D eigenvalue weighted by atomic mass is 32.2. The molecule has 2 aliphatic heterocycles. The Bertz CT molecular complexity index is 839. The number of piperazine rings is 1. The monoisotopic (exact) mass is 363 g/mol. The molecule has 0 spiro atoms. The Balaban J connectivity index is 1.51. The number of fused-ring (bicyclic) bond motifs is 1. The van der Waals surface area contributed by atoms with Crippen molar-refractivity contribution in [3.05, 3.63) is 23.8 Å². The van der Waals surface area contributed by atoms with Gasteiger partial charge in [-0.25, -0.2) is 8.42 Å². The number of hydrogen-bond acceptors (Lipinski definition) is 4. The second kappa shape index (κ2) is 5.81. The third-order valence-corrected chi connectivity index (χ3v) is 7.15. The molecule has 1 aromatic rings. The van der Waals surface area contributed by atoms with E-state index in [-0.39, 0.29) is 28.5 Å². The Morgan fingerprint density at radius 3 is 2.48 bits per heavy atom. The van der Waals surface area contributed by atoms with Crippen LogP contribution >= 0.6 is 0 Å². The molecule has 25 heavy (non-hydrogen) atoms. The molecule has 1 saturated heterocycles. The number of nitrogens with zero attached hydrogens (tertiary/aromatic N) is 2. The first-order chi connectivity index (χ1) is 11.9. The quantitative estimate of drug-likeness (QED) is 0.867. The molecule has 1 atom stereocenters. The fourth-order valence-electron chi connectivity index (χ4n) is 3.44. The number of benzene rings is 1. The zero-order valence-corrected chi connectivity index (χ0v) is 14.9. The lowest BCUT2D eigenvalue weighted by Crippen LogP contribution is -2.50. The number of sulfonamides is 1. The molecule has 2 amide bonds. The van der Waals surface area contributed by atoms with Gasteiger partial charge >= 0.3 is 0 Å². The fourth-order valence-corrected chi connectivity index (χ4v) is 4.90. The Morgan fingerprint density at radius 1 is 1.16 bits per heavy atom. The number of hydrogen-bond donors (Lipinski definition) is 1. The van der Waals surface area contributed by atoms with Crippen molar-refractivity contribution in [2.75, 3.05) is 31.5 Å². The molecule has 0 aromatic heterocycles. The minimum atomic E-state index is -3.62. The molecule has 7 nitrogen and oxygen atoms in total. The summed E-state index contributed by atoms with van der Waals surface area (Å²) >= 11 is 0. The van der Waals surface area contributed by atoms with Gasteiger partial charge in [-0.05, 0) is 43.5 Å². The van der Waals surface area contributed by atoms with E-state index in [1.54, 1.807) is 24.0 Å². The third kappa shape index (κ3) is 2.83. The highest BCUT2D eigenvalue weighted by Crippen LogP contribution is 2.35. The molecule has 4 rings (SSSR count). The van der Waals surface area contributed by atoms with Crippen molar-refractivity contribution < 1.29 is 18.0 Å². The van der Waals surface area contributed by atoms with Gasteiger partial charge in [0, 0.05) is 37.8 Å². The topological polar surface area (TPSA) is 86.8 Å². The van der Waals surface area contributed by atoms with Crippen LogP contribution in [0, 0.1) is 5.92 Å². The second-order valence-electron chi connectivity index (χ2n) is 6.96. The van der Waals surface area contributed by atoms with Crippen LogP contribution in [0.1, 0.15) is 31.2 Å². The largest absolute Gasteiger partial charge is 0.340 e. The predicted octanol–water partition coefficient (Wildman–Crippen LogP) is 0.985. The minimum Gasteiger partial charge on any atom is -0.340 e. The molecule has 1 aliphatic carbocycles. The lowest BCUT2D eigenvalue weighted by molar-refractivity contribution is -0.133. The summed E-state index contributed by atoms with van der Waals surface area (Å²) in [4.78, 5) is 25.8. The lowest BCUT2D eigenvalue weighted by Gasteiger charge is -2.34. The summed E-state index contributed by atoms with van der Waals surface area (Å²) in [6.45, 7) is 3.26. The van der Waals surface area contributed by atoms with Crippen LogP contribution in [0.5, 0.6) is 0 Å². The summed E-state index contributed by atoms with van der Waals surface area (Å²) < 4.78 is 27.3. The summed E-state index contributed by atoms with van der Waals surface area (Å²) in [6.07, 6.45) is 1.91. The van der Waals surface area contributed by atoms with E-state index in [9.17, 15) is 18.0 Å². The molecule has 0 radical (unpaired) electrons. The van der Waals surface area contributed by atoms with Crippen molar-refractivity contribution in [2.45, 2.75) is 30.6 Å². The zero-order chi connectivity index (χ0) is 17.8. The Kier molecular flexibility index (Phi) is 3.84. The Morgan fingerprint density at radius 2 is 1.84 bits per heavy atom. The molecule has 8 heteroatoms. The van der Waals surface area contributed by atoms with Crippen LogP contribution in [0.15, 0.2) is 23.1 Å². The number of amides is 2. The highest BCUT2D eigenvalue weighted by Gasteiger charge is 2.37. The SMILES string of the molecule is C[C@@H]1C(=O)Nc2ccc(S(=O)(=O)N3CCN(C(=O)C4CC4)CC3)cc21. The van der Waals surface area contributed by atoms with E-state index in [0.717, 1.165) is 12.8 Å². The molecular formula is C17H21N3O4S. The fraction of sp³-hybridized carbons (Fsp3) is 0.529. The average molecular weight is 363 g/mol. The van der Waals surface area contributed by atoms with E-state index in [1.165, 1.54) is 10.4 Å². The van der Waals surface area contributed by atoms with E-state index >= 15 is 0 Å². The van der Waals surface area contributed by atoms with E-state index in [4.69, 9.17) is 0 Å². The van der Waals surface area contributed by atoms with Gasteiger partial charge in [-0.1, -0.05) is 0 Å². The van der Waals surface area contributed by atoms with Crippen molar-refractivity contribution in [3.63, 3.8) is 0 Å². The smallest absolute Gasteiger partial charge is 0.243 e. The van der Waals surface area contributed by atoms with Crippen LogP contribution < -0.4 is 5.32 Å². The van der Waals surface area contributed by atoms with Gasteiger partial charge < -0.3 is 10.2 Å². The van der Waals surface area contributed by atoms with Crippen LogP contribution in [-0.4, -0.2) is 55.6 Å². The molecule has 1 saturated carbocycles. The van der Waals surface area contributed by atoms with Gasteiger partial charge in [0.1, 0.15) is 0 Å². The number of nitrogens with one attached hydrogen (secondary N) is 1. The summed E-state index contributed by atoms with van der Waals surface area (Å²) in [7, 11) is -3.62. The standard InChI is InChI=1S/C17H21N3O4S/c1-11-14-10-13(4-5-15(14)18-16(11)21)25(23,24)20-8-6-19(7-9-20)17(22)12-2-3-12/h4-5,10-12H,2-3,6-9H2,1H3,(H,18,21)/t11-/m0/s1. The first-order valence-corrected chi connectivity index (χ1v) is 10.1. The minimum absolute atomic E-state index is 0.114. The van der Waals surface area contributed by atoms with Crippen LogP contribution in [0.4, 0.5) is 5.69 Å². The van der Waals surface area contributed by atoms with Crippen molar-refractivity contribution in [1.29, 1.82) is 0 Å². The maximum absolute atomic E-state index is 12.9. The van der Waals surface area contributed by atoms with Gasteiger partial charge in [-0.15, -0.1) is 0 Å². The lowest BCUT2D eigenvalue weighted by atomic mass is 10.0. The molecule has 0 unspecified atom stereocenters. The molecule has 2 fully saturated rings. The number of anilines is 1. The zero-order valence-electron chi connectivity index (χ0n) is 14.1. The first kappa shape index (κ1) is 16.5. The average Bonchev–Trinajstić information content (AvgIpc) is 3.42. The van der Waals surface area contributed by atoms with Crippen LogP contribution in [0.25, 0.3) is 0 Å².